The summed E-state index contributed by atoms with van der Waals surface area (Å²) in [7, 11) is 1.24. The van der Waals surface area contributed by atoms with Gasteiger partial charge in [-0.3, -0.25) is 15.1 Å². The maximum absolute atomic E-state index is 11.7. The zero-order valence-electron chi connectivity index (χ0n) is 15.2. The Balaban J connectivity index is 0.00000254. The van der Waals surface area contributed by atoms with Crippen molar-refractivity contribution in [2.45, 2.75) is 41.0 Å². The minimum atomic E-state index is -0.617. The minimum Gasteiger partial charge on any atom is -0.465 e. The molecule has 0 radical (unpaired) electrons. The quantitative estimate of drug-likeness (QED) is 0.321. The van der Waals surface area contributed by atoms with E-state index >= 15 is 0 Å². The molecule has 0 aromatic heterocycles. The second-order valence-electron chi connectivity index (χ2n) is 5.04. The van der Waals surface area contributed by atoms with Crippen molar-refractivity contribution in [1.82, 2.24) is 0 Å². The van der Waals surface area contributed by atoms with Crippen LogP contribution in [0.1, 0.15) is 57.0 Å². The molecule has 0 N–H and O–H groups in total. The van der Waals surface area contributed by atoms with Crippen molar-refractivity contribution in [2.24, 2.45) is 10.9 Å². The Bertz CT molecular complexity index is 619. The molecule has 6 nitrogen and oxygen atoms in total. The van der Waals surface area contributed by atoms with Crippen molar-refractivity contribution in [3.63, 3.8) is 0 Å². The zero-order chi connectivity index (χ0) is 18.7. The first-order chi connectivity index (χ1) is 11.4. The standard InChI is InChI=1S/C16H20N2O4.C2H6/c1-5-6-15(17-10-11(2)3)12-7-13(16(19)22-4)9-14(8-12)18(20)21;1-2/h6-11H,5H2,1-4H3;1-2H3/b15-6-,17-10?;. The Morgan fingerprint density at radius 1 is 1.29 bits per heavy atom. The molecule has 0 aliphatic rings. The Morgan fingerprint density at radius 2 is 1.88 bits per heavy atom. The van der Waals surface area contributed by atoms with Crippen LogP contribution in [0.2, 0.25) is 0 Å². The Hall–Kier alpha value is -2.50. The zero-order valence-corrected chi connectivity index (χ0v) is 15.2. The third kappa shape index (κ3) is 6.73. The smallest absolute Gasteiger partial charge is 0.338 e. The molecule has 0 saturated carbocycles. The first-order valence-corrected chi connectivity index (χ1v) is 8.01. The van der Waals surface area contributed by atoms with Crippen LogP contribution in [0.5, 0.6) is 0 Å². The van der Waals surface area contributed by atoms with Gasteiger partial charge in [-0.05, 0) is 18.4 Å². The molecular formula is C18H26N2O4. The number of nitrogens with zero attached hydrogens (tertiary/aromatic N) is 2. The lowest BCUT2D eigenvalue weighted by atomic mass is 10.1. The molecule has 0 unspecified atom stereocenters. The molecule has 0 amide bonds. The fraction of sp³-hybridized carbons (Fsp3) is 0.444. The first-order valence-electron chi connectivity index (χ1n) is 8.01. The fourth-order valence-corrected chi connectivity index (χ4v) is 1.77. The van der Waals surface area contributed by atoms with Crippen LogP contribution in [0.4, 0.5) is 5.69 Å². The van der Waals surface area contributed by atoms with Gasteiger partial charge < -0.3 is 4.74 Å². The van der Waals surface area contributed by atoms with Crippen LogP contribution >= 0.6 is 0 Å². The lowest BCUT2D eigenvalue weighted by Gasteiger charge is -2.06. The highest BCUT2D eigenvalue weighted by Crippen LogP contribution is 2.25. The summed E-state index contributed by atoms with van der Waals surface area (Å²) in [4.78, 5) is 26.6. The number of esters is 1. The number of carbonyl (C=O) groups is 1. The molecule has 0 bridgehead atoms. The van der Waals surface area contributed by atoms with Crippen LogP contribution in [0.15, 0.2) is 29.3 Å². The molecule has 0 fully saturated rings. The van der Waals surface area contributed by atoms with Crippen molar-refractivity contribution in [3.8, 4) is 0 Å². The number of nitro groups is 1. The number of methoxy groups -OCH3 is 1. The summed E-state index contributed by atoms with van der Waals surface area (Å²) in [6.45, 7) is 9.92. The van der Waals surface area contributed by atoms with Crippen molar-refractivity contribution in [2.75, 3.05) is 7.11 Å². The van der Waals surface area contributed by atoms with Crippen LogP contribution in [0.25, 0.3) is 5.70 Å². The van der Waals surface area contributed by atoms with E-state index < -0.39 is 10.9 Å². The average Bonchev–Trinajstić information content (AvgIpc) is 2.58. The second-order valence-corrected chi connectivity index (χ2v) is 5.04. The number of non-ortho nitro benzene ring substituents is 1. The summed E-state index contributed by atoms with van der Waals surface area (Å²) >= 11 is 0. The number of allylic oxidation sites excluding steroid dienone is 1. The van der Waals surface area contributed by atoms with E-state index in [-0.39, 0.29) is 17.2 Å². The maximum Gasteiger partial charge on any atom is 0.338 e. The van der Waals surface area contributed by atoms with E-state index in [0.29, 0.717) is 11.3 Å². The summed E-state index contributed by atoms with van der Waals surface area (Å²) in [5, 5.41) is 11.1. The molecule has 132 valence electrons. The number of benzene rings is 1. The normalized spacial score (nSPS) is 11.2. The molecule has 0 heterocycles. The van der Waals surface area contributed by atoms with Gasteiger partial charge >= 0.3 is 5.97 Å². The highest BCUT2D eigenvalue weighted by atomic mass is 16.6. The van der Waals surface area contributed by atoms with Gasteiger partial charge in [-0.15, -0.1) is 0 Å². The highest BCUT2D eigenvalue weighted by molar-refractivity contribution is 5.91. The fourth-order valence-electron chi connectivity index (χ4n) is 1.77. The van der Waals surface area contributed by atoms with E-state index in [1.165, 1.54) is 19.2 Å². The number of ether oxygens (including phenoxy) is 1. The van der Waals surface area contributed by atoms with Crippen LogP contribution < -0.4 is 0 Å². The molecule has 6 heteroatoms. The summed E-state index contributed by atoms with van der Waals surface area (Å²) in [6.07, 6.45) is 4.35. The number of rotatable bonds is 6. The number of nitro benzene ring substituents is 1. The van der Waals surface area contributed by atoms with Gasteiger partial charge in [0.2, 0.25) is 0 Å². The molecular weight excluding hydrogens is 308 g/mol. The van der Waals surface area contributed by atoms with Gasteiger partial charge in [0.1, 0.15) is 0 Å². The molecule has 24 heavy (non-hydrogen) atoms. The van der Waals surface area contributed by atoms with Crippen LogP contribution in [-0.2, 0) is 4.74 Å². The molecule has 0 atom stereocenters. The average molecular weight is 334 g/mol. The van der Waals surface area contributed by atoms with Crippen molar-refractivity contribution >= 4 is 23.6 Å². The van der Waals surface area contributed by atoms with E-state index in [1.54, 1.807) is 12.3 Å². The Labute approximate surface area is 143 Å². The maximum atomic E-state index is 11.7. The number of hydrogen-bond acceptors (Lipinski definition) is 5. The van der Waals surface area contributed by atoms with Gasteiger partial charge in [-0.25, -0.2) is 4.79 Å². The Kier molecular flexibility index (Phi) is 9.94. The van der Waals surface area contributed by atoms with Crippen molar-refractivity contribution < 1.29 is 14.5 Å². The number of aliphatic imine (C=N–C) groups is 1. The van der Waals surface area contributed by atoms with Crippen LogP contribution in [0.3, 0.4) is 0 Å². The third-order valence-electron chi connectivity index (χ3n) is 2.75. The van der Waals surface area contributed by atoms with Gasteiger partial charge in [0.15, 0.2) is 0 Å². The van der Waals surface area contributed by atoms with Gasteiger partial charge in [-0.2, -0.15) is 0 Å². The molecule has 0 aliphatic heterocycles. The SMILES string of the molecule is CC.CC/C=C(\N=CC(C)C)c1cc(C(=O)OC)cc([N+](=O)[O-])c1. The summed E-state index contributed by atoms with van der Waals surface area (Å²) in [5.74, 6) is -0.368. The predicted octanol–water partition coefficient (Wildman–Crippen LogP) is 4.89. The van der Waals surface area contributed by atoms with Gasteiger partial charge in [0.25, 0.3) is 5.69 Å². The summed E-state index contributed by atoms with van der Waals surface area (Å²) in [6, 6.07) is 4.16. The topological polar surface area (TPSA) is 81.8 Å². The molecule has 0 saturated heterocycles. The largest absolute Gasteiger partial charge is 0.465 e. The van der Waals surface area contributed by atoms with Crippen LogP contribution in [0, 0.1) is 16.0 Å². The molecule has 1 aromatic carbocycles. The van der Waals surface area contributed by atoms with Gasteiger partial charge in [0, 0.05) is 23.9 Å². The van der Waals surface area contributed by atoms with Gasteiger partial charge in [-0.1, -0.05) is 40.7 Å². The molecule has 0 spiro atoms. The Morgan fingerprint density at radius 3 is 2.33 bits per heavy atom. The second kappa shape index (κ2) is 11.1. The van der Waals surface area contributed by atoms with E-state index in [4.69, 9.17) is 0 Å². The van der Waals surface area contributed by atoms with Crippen molar-refractivity contribution in [1.29, 1.82) is 0 Å². The predicted molar refractivity (Wildman–Crippen MR) is 97.4 cm³/mol. The highest BCUT2D eigenvalue weighted by Gasteiger charge is 2.16. The molecule has 0 aliphatic carbocycles. The lowest BCUT2D eigenvalue weighted by molar-refractivity contribution is -0.384. The van der Waals surface area contributed by atoms with Gasteiger partial charge in [0.05, 0.1) is 23.3 Å². The number of hydrogen-bond donors (Lipinski definition) is 0. The lowest BCUT2D eigenvalue weighted by Crippen LogP contribution is -2.03. The van der Waals surface area contributed by atoms with E-state index in [1.807, 2.05) is 40.7 Å². The van der Waals surface area contributed by atoms with E-state index in [0.717, 1.165) is 6.42 Å². The third-order valence-corrected chi connectivity index (χ3v) is 2.75. The molecule has 1 aromatic rings. The van der Waals surface area contributed by atoms with E-state index in [9.17, 15) is 14.9 Å². The first kappa shape index (κ1) is 21.5. The van der Waals surface area contributed by atoms with Crippen LogP contribution in [-0.4, -0.2) is 24.2 Å². The number of carbonyl (C=O) groups excluding carboxylic acids is 1. The molecule has 1 rings (SSSR count). The van der Waals surface area contributed by atoms with Crippen molar-refractivity contribution in [3.05, 3.63) is 45.5 Å². The summed E-state index contributed by atoms with van der Waals surface area (Å²) < 4.78 is 4.64. The summed E-state index contributed by atoms with van der Waals surface area (Å²) in [5.41, 5.74) is 1.09. The monoisotopic (exact) mass is 334 g/mol. The van der Waals surface area contributed by atoms with E-state index in [2.05, 4.69) is 9.73 Å². The minimum absolute atomic E-state index is 0.133.